The molecule has 0 radical (unpaired) electrons. The highest BCUT2D eigenvalue weighted by Gasteiger charge is 2.35. The van der Waals surface area contributed by atoms with Gasteiger partial charge in [0.2, 0.25) is 5.91 Å². The first-order valence-electron chi connectivity index (χ1n) is 8.21. The first-order valence-corrected chi connectivity index (χ1v) is 8.21. The third kappa shape index (κ3) is 3.28. The molecular formula is C18H23N3O2. The largest absolute Gasteiger partial charge is 0.338 e. The smallest absolute Gasteiger partial charge is 0.269 e. The average Bonchev–Trinajstić information content (AvgIpc) is 3.22. The molecule has 122 valence electrons. The summed E-state index contributed by atoms with van der Waals surface area (Å²) in [5, 5.41) is 0. The van der Waals surface area contributed by atoms with Crippen molar-refractivity contribution in [2.45, 2.75) is 39.8 Å². The van der Waals surface area contributed by atoms with Gasteiger partial charge in [0.15, 0.2) is 0 Å². The molecule has 5 nitrogen and oxygen atoms in total. The van der Waals surface area contributed by atoms with Crippen LogP contribution in [0.5, 0.6) is 0 Å². The second-order valence-electron chi connectivity index (χ2n) is 6.78. The maximum atomic E-state index is 12.8. The molecule has 0 saturated heterocycles. The van der Waals surface area contributed by atoms with Crippen LogP contribution in [-0.4, -0.2) is 32.9 Å². The monoisotopic (exact) mass is 313 g/mol. The third-order valence-electron chi connectivity index (χ3n) is 4.70. The molecule has 0 unspecified atom stereocenters. The van der Waals surface area contributed by atoms with E-state index in [1.807, 2.05) is 43.0 Å². The van der Waals surface area contributed by atoms with Crippen molar-refractivity contribution in [2.75, 3.05) is 6.54 Å². The number of carbonyl (C=O) groups is 1. The van der Waals surface area contributed by atoms with Gasteiger partial charge in [-0.25, -0.2) is 4.98 Å². The standard InChI is InChI=1S/C18H23N3O2/c1-12(2)20(10-14-8-13(14)3)18(23)11-21-16-7-5-4-6-15(16)19-9-17(21)22/h4-7,9,12-14H,8,10-11H2,1-3H3/t13-,14-/m1/s1. The molecule has 3 rings (SSSR count). The Bertz CT molecular complexity index is 781. The van der Waals surface area contributed by atoms with Crippen LogP contribution >= 0.6 is 0 Å². The summed E-state index contributed by atoms with van der Waals surface area (Å²) < 4.78 is 1.52. The molecule has 0 N–H and O–H groups in total. The Labute approximate surface area is 135 Å². The van der Waals surface area contributed by atoms with Gasteiger partial charge in [0, 0.05) is 12.6 Å². The van der Waals surface area contributed by atoms with E-state index in [2.05, 4.69) is 11.9 Å². The van der Waals surface area contributed by atoms with Crippen molar-refractivity contribution in [2.24, 2.45) is 11.8 Å². The highest BCUT2D eigenvalue weighted by Crippen LogP contribution is 2.38. The van der Waals surface area contributed by atoms with E-state index in [-0.39, 0.29) is 24.1 Å². The average molecular weight is 313 g/mol. The predicted molar refractivity (Wildman–Crippen MR) is 90.1 cm³/mol. The molecule has 1 aliphatic carbocycles. The molecule has 1 saturated carbocycles. The lowest BCUT2D eigenvalue weighted by atomic mass is 10.2. The van der Waals surface area contributed by atoms with E-state index >= 15 is 0 Å². The number of carbonyl (C=O) groups excluding carboxylic acids is 1. The topological polar surface area (TPSA) is 55.2 Å². The highest BCUT2D eigenvalue weighted by molar-refractivity contribution is 5.80. The van der Waals surface area contributed by atoms with E-state index in [0.717, 1.165) is 12.1 Å². The molecule has 1 aromatic heterocycles. The fourth-order valence-corrected chi connectivity index (χ4v) is 3.01. The van der Waals surface area contributed by atoms with Crippen molar-refractivity contribution >= 4 is 16.9 Å². The molecule has 1 heterocycles. The maximum Gasteiger partial charge on any atom is 0.269 e. The molecule has 0 spiro atoms. The van der Waals surface area contributed by atoms with Crippen molar-refractivity contribution < 1.29 is 4.79 Å². The van der Waals surface area contributed by atoms with Crippen LogP contribution < -0.4 is 5.56 Å². The third-order valence-corrected chi connectivity index (χ3v) is 4.70. The summed E-state index contributed by atoms with van der Waals surface area (Å²) in [6.45, 7) is 7.13. The summed E-state index contributed by atoms with van der Waals surface area (Å²) in [6, 6.07) is 7.55. The summed E-state index contributed by atoms with van der Waals surface area (Å²) in [5.74, 6) is 1.30. The molecule has 1 fully saturated rings. The van der Waals surface area contributed by atoms with Gasteiger partial charge >= 0.3 is 0 Å². The Kier molecular flexibility index (Phi) is 4.20. The molecule has 2 aromatic rings. The molecule has 0 bridgehead atoms. The molecule has 1 aromatic carbocycles. The second kappa shape index (κ2) is 6.14. The summed E-state index contributed by atoms with van der Waals surface area (Å²) in [6.07, 6.45) is 2.48. The Hall–Kier alpha value is -2.17. The van der Waals surface area contributed by atoms with E-state index in [1.165, 1.54) is 17.2 Å². The number of aromatic nitrogens is 2. The van der Waals surface area contributed by atoms with E-state index in [9.17, 15) is 9.59 Å². The fraction of sp³-hybridized carbons (Fsp3) is 0.500. The number of hydrogen-bond acceptors (Lipinski definition) is 3. The van der Waals surface area contributed by atoms with Gasteiger partial charge < -0.3 is 4.90 Å². The van der Waals surface area contributed by atoms with Gasteiger partial charge in [-0.2, -0.15) is 0 Å². The summed E-state index contributed by atoms with van der Waals surface area (Å²) in [4.78, 5) is 31.0. The van der Waals surface area contributed by atoms with E-state index in [4.69, 9.17) is 0 Å². The minimum atomic E-state index is -0.236. The zero-order valence-corrected chi connectivity index (χ0v) is 13.9. The Balaban J connectivity index is 1.86. The minimum absolute atomic E-state index is 0.00227. The van der Waals surface area contributed by atoms with Gasteiger partial charge in [-0.05, 0) is 44.2 Å². The number of para-hydroxylation sites is 2. The first kappa shape index (κ1) is 15.7. The van der Waals surface area contributed by atoms with E-state index in [0.29, 0.717) is 17.4 Å². The molecule has 23 heavy (non-hydrogen) atoms. The summed E-state index contributed by atoms with van der Waals surface area (Å²) in [7, 11) is 0. The van der Waals surface area contributed by atoms with Gasteiger partial charge in [0.1, 0.15) is 6.54 Å². The van der Waals surface area contributed by atoms with Crippen LogP contribution in [0.1, 0.15) is 27.2 Å². The number of amides is 1. The van der Waals surface area contributed by atoms with Crippen LogP contribution in [0.2, 0.25) is 0 Å². The summed E-state index contributed by atoms with van der Waals surface area (Å²) in [5.41, 5.74) is 1.20. The van der Waals surface area contributed by atoms with Crippen LogP contribution in [0.3, 0.4) is 0 Å². The van der Waals surface area contributed by atoms with E-state index in [1.54, 1.807) is 0 Å². The van der Waals surface area contributed by atoms with Gasteiger partial charge in [0.05, 0.1) is 17.2 Å². The fourth-order valence-electron chi connectivity index (χ4n) is 3.01. The Morgan fingerprint density at radius 2 is 2.09 bits per heavy atom. The van der Waals surface area contributed by atoms with Gasteiger partial charge in [-0.3, -0.25) is 14.2 Å². The van der Waals surface area contributed by atoms with Crippen molar-refractivity contribution in [3.63, 3.8) is 0 Å². The van der Waals surface area contributed by atoms with Crippen LogP contribution in [-0.2, 0) is 11.3 Å². The van der Waals surface area contributed by atoms with Gasteiger partial charge in [-0.15, -0.1) is 0 Å². The number of benzene rings is 1. The van der Waals surface area contributed by atoms with Crippen LogP contribution in [0.15, 0.2) is 35.3 Å². The van der Waals surface area contributed by atoms with Gasteiger partial charge in [-0.1, -0.05) is 19.1 Å². The molecule has 1 amide bonds. The lowest BCUT2D eigenvalue weighted by Gasteiger charge is -2.27. The number of fused-ring (bicyclic) bond motifs is 1. The van der Waals surface area contributed by atoms with Crippen molar-refractivity contribution in [3.8, 4) is 0 Å². The molecule has 0 aliphatic heterocycles. The highest BCUT2D eigenvalue weighted by atomic mass is 16.2. The molecular weight excluding hydrogens is 290 g/mol. The molecule has 2 atom stereocenters. The quantitative estimate of drug-likeness (QED) is 0.851. The molecule has 5 heteroatoms. The first-order chi connectivity index (χ1) is 11.0. The lowest BCUT2D eigenvalue weighted by Crippen LogP contribution is -2.42. The number of nitrogens with zero attached hydrogens (tertiary/aromatic N) is 3. The minimum Gasteiger partial charge on any atom is -0.338 e. The van der Waals surface area contributed by atoms with Crippen molar-refractivity contribution in [1.29, 1.82) is 0 Å². The number of rotatable bonds is 5. The zero-order valence-electron chi connectivity index (χ0n) is 13.9. The normalized spacial score (nSPS) is 20.0. The van der Waals surface area contributed by atoms with E-state index < -0.39 is 0 Å². The van der Waals surface area contributed by atoms with Crippen LogP contribution in [0.25, 0.3) is 11.0 Å². The lowest BCUT2D eigenvalue weighted by molar-refractivity contribution is -0.133. The molecule has 1 aliphatic rings. The Morgan fingerprint density at radius 1 is 1.39 bits per heavy atom. The van der Waals surface area contributed by atoms with Gasteiger partial charge in [0.25, 0.3) is 5.56 Å². The zero-order chi connectivity index (χ0) is 16.6. The van der Waals surface area contributed by atoms with Crippen LogP contribution in [0.4, 0.5) is 0 Å². The van der Waals surface area contributed by atoms with Crippen molar-refractivity contribution in [1.82, 2.24) is 14.5 Å². The SMILES string of the molecule is CC(C)N(C[C@H]1C[C@H]1C)C(=O)Cn1c(=O)cnc2ccccc21. The maximum absolute atomic E-state index is 12.8. The predicted octanol–water partition coefficient (Wildman–Crippen LogP) is 2.29. The second-order valence-corrected chi connectivity index (χ2v) is 6.78. The Morgan fingerprint density at radius 3 is 2.74 bits per heavy atom. The van der Waals surface area contributed by atoms with Crippen LogP contribution in [0, 0.1) is 11.8 Å². The van der Waals surface area contributed by atoms with Crippen molar-refractivity contribution in [3.05, 3.63) is 40.8 Å². The summed E-state index contributed by atoms with van der Waals surface area (Å²) >= 11 is 0. The number of hydrogen-bond donors (Lipinski definition) is 0.